The van der Waals surface area contributed by atoms with Gasteiger partial charge < -0.3 is 14.9 Å². The number of hydrogen-bond donors (Lipinski definition) is 1. The molecule has 2 rings (SSSR count). The third kappa shape index (κ3) is 2.99. The van der Waals surface area contributed by atoms with Crippen LogP contribution in [0.2, 0.25) is 0 Å². The first-order valence-electron chi connectivity index (χ1n) is 6.82. The summed E-state index contributed by atoms with van der Waals surface area (Å²) in [6.07, 6.45) is -0.978. The molecular formula is C15H20N2O3. The lowest BCUT2D eigenvalue weighted by Crippen LogP contribution is -2.52. The van der Waals surface area contributed by atoms with E-state index in [1.165, 1.54) is 6.92 Å². The van der Waals surface area contributed by atoms with E-state index < -0.39 is 6.10 Å². The normalized spacial score (nSPS) is 16.9. The van der Waals surface area contributed by atoms with Crippen LogP contribution in [-0.2, 0) is 4.79 Å². The van der Waals surface area contributed by atoms with Crippen LogP contribution in [0.4, 0.5) is 0 Å². The Bertz CT molecular complexity index is 506. The van der Waals surface area contributed by atoms with Crippen molar-refractivity contribution in [2.45, 2.75) is 20.0 Å². The average molecular weight is 276 g/mol. The van der Waals surface area contributed by atoms with E-state index in [-0.39, 0.29) is 11.8 Å². The van der Waals surface area contributed by atoms with Crippen molar-refractivity contribution < 1.29 is 14.7 Å². The molecule has 0 saturated carbocycles. The highest BCUT2D eigenvalue weighted by molar-refractivity contribution is 5.95. The second kappa shape index (κ2) is 6.05. The number of aryl methyl sites for hydroxylation is 1. The van der Waals surface area contributed by atoms with Crippen LogP contribution in [0.5, 0.6) is 0 Å². The molecule has 0 aromatic heterocycles. The molecule has 0 bridgehead atoms. The molecule has 108 valence electrons. The van der Waals surface area contributed by atoms with E-state index >= 15 is 0 Å². The lowest BCUT2D eigenvalue weighted by Gasteiger charge is -2.35. The van der Waals surface area contributed by atoms with Gasteiger partial charge >= 0.3 is 0 Å². The summed E-state index contributed by atoms with van der Waals surface area (Å²) in [5, 5.41) is 9.29. The monoisotopic (exact) mass is 276 g/mol. The zero-order valence-electron chi connectivity index (χ0n) is 11.9. The number of benzene rings is 1. The summed E-state index contributed by atoms with van der Waals surface area (Å²) in [5.74, 6) is -0.264. The van der Waals surface area contributed by atoms with Crippen molar-refractivity contribution in [2.24, 2.45) is 0 Å². The fraction of sp³-hybridized carbons (Fsp3) is 0.467. The molecular weight excluding hydrogens is 256 g/mol. The van der Waals surface area contributed by atoms with E-state index in [9.17, 15) is 14.7 Å². The first-order valence-corrected chi connectivity index (χ1v) is 6.82. The number of carbonyl (C=O) groups excluding carboxylic acids is 2. The van der Waals surface area contributed by atoms with Crippen molar-refractivity contribution in [2.75, 3.05) is 26.2 Å². The van der Waals surface area contributed by atoms with Gasteiger partial charge in [0.15, 0.2) is 0 Å². The van der Waals surface area contributed by atoms with Gasteiger partial charge in [0.25, 0.3) is 11.8 Å². The van der Waals surface area contributed by atoms with Crippen LogP contribution < -0.4 is 0 Å². The summed E-state index contributed by atoms with van der Waals surface area (Å²) < 4.78 is 0. The predicted octanol–water partition coefficient (Wildman–Crippen LogP) is 0.660. The van der Waals surface area contributed by atoms with Gasteiger partial charge in [-0.3, -0.25) is 9.59 Å². The van der Waals surface area contributed by atoms with Gasteiger partial charge in [-0.1, -0.05) is 18.2 Å². The minimum Gasteiger partial charge on any atom is -0.384 e. The molecule has 0 unspecified atom stereocenters. The zero-order valence-corrected chi connectivity index (χ0v) is 11.9. The lowest BCUT2D eigenvalue weighted by atomic mass is 10.1. The number of nitrogens with zero attached hydrogens (tertiary/aromatic N) is 2. The average Bonchev–Trinajstić information content (AvgIpc) is 2.46. The Morgan fingerprint density at radius 2 is 1.65 bits per heavy atom. The second-order valence-electron chi connectivity index (χ2n) is 5.11. The van der Waals surface area contributed by atoms with Gasteiger partial charge in [0.1, 0.15) is 6.10 Å². The highest BCUT2D eigenvalue weighted by atomic mass is 16.3. The third-order valence-corrected chi connectivity index (χ3v) is 3.61. The van der Waals surface area contributed by atoms with E-state index in [1.807, 2.05) is 31.2 Å². The van der Waals surface area contributed by atoms with E-state index in [1.54, 1.807) is 9.80 Å². The van der Waals surface area contributed by atoms with E-state index in [0.29, 0.717) is 31.7 Å². The topological polar surface area (TPSA) is 60.9 Å². The highest BCUT2D eigenvalue weighted by Crippen LogP contribution is 2.13. The van der Waals surface area contributed by atoms with E-state index in [4.69, 9.17) is 0 Å². The van der Waals surface area contributed by atoms with Crippen LogP contribution in [0.25, 0.3) is 0 Å². The summed E-state index contributed by atoms with van der Waals surface area (Å²) in [6.45, 7) is 5.34. The maximum Gasteiger partial charge on any atom is 0.254 e. The molecule has 1 aromatic carbocycles. The Labute approximate surface area is 118 Å². The zero-order chi connectivity index (χ0) is 14.7. The van der Waals surface area contributed by atoms with Crippen molar-refractivity contribution in [3.05, 3.63) is 35.4 Å². The molecule has 20 heavy (non-hydrogen) atoms. The van der Waals surface area contributed by atoms with Gasteiger partial charge in [-0.15, -0.1) is 0 Å². The van der Waals surface area contributed by atoms with Crippen molar-refractivity contribution in [3.63, 3.8) is 0 Å². The summed E-state index contributed by atoms with van der Waals surface area (Å²) >= 11 is 0. The Hall–Kier alpha value is -1.88. The van der Waals surface area contributed by atoms with E-state index in [2.05, 4.69) is 0 Å². The fourth-order valence-electron chi connectivity index (χ4n) is 2.38. The number of amides is 2. The second-order valence-corrected chi connectivity index (χ2v) is 5.11. The number of rotatable bonds is 2. The Kier molecular flexibility index (Phi) is 4.39. The maximum absolute atomic E-state index is 12.4. The molecule has 0 spiro atoms. The molecule has 1 aliphatic heterocycles. The third-order valence-electron chi connectivity index (χ3n) is 3.61. The van der Waals surface area contributed by atoms with Gasteiger partial charge in [0, 0.05) is 31.7 Å². The largest absolute Gasteiger partial charge is 0.384 e. The maximum atomic E-state index is 12.4. The number of carbonyl (C=O) groups is 2. The first-order chi connectivity index (χ1) is 9.50. The van der Waals surface area contributed by atoms with Crippen molar-refractivity contribution in [3.8, 4) is 0 Å². The van der Waals surface area contributed by atoms with Crippen LogP contribution in [0, 0.1) is 6.92 Å². The van der Waals surface area contributed by atoms with Crippen LogP contribution in [0.3, 0.4) is 0 Å². The molecule has 1 saturated heterocycles. The quantitative estimate of drug-likeness (QED) is 0.863. The van der Waals surface area contributed by atoms with Crippen LogP contribution >= 0.6 is 0 Å². The lowest BCUT2D eigenvalue weighted by molar-refractivity contribution is -0.140. The summed E-state index contributed by atoms with van der Waals surface area (Å²) in [7, 11) is 0. The van der Waals surface area contributed by atoms with Crippen LogP contribution in [0.15, 0.2) is 24.3 Å². The van der Waals surface area contributed by atoms with Gasteiger partial charge in [-0.2, -0.15) is 0 Å². The van der Waals surface area contributed by atoms with Crippen LogP contribution in [0.1, 0.15) is 22.8 Å². The number of piperazine rings is 1. The standard InChI is InChI=1S/C15H20N2O3/c1-11-5-3-4-6-13(11)15(20)17-9-7-16(8-10-17)14(19)12(2)18/h3-6,12,18H,7-10H2,1-2H3/t12-/m0/s1. The molecule has 1 aromatic rings. The molecule has 1 N–H and O–H groups in total. The number of hydrogen-bond acceptors (Lipinski definition) is 3. The van der Waals surface area contributed by atoms with Crippen molar-refractivity contribution in [1.29, 1.82) is 0 Å². The molecule has 0 radical (unpaired) electrons. The summed E-state index contributed by atoms with van der Waals surface area (Å²) in [5.41, 5.74) is 1.67. The molecule has 0 aliphatic carbocycles. The first kappa shape index (κ1) is 14.5. The summed E-state index contributed by atoms with van der Waals surface area (Å²) in [6, 6.07) is 7.50. The van der Waals surface area contributed by atoms with Crippen molar-refractivity contribution in [1.82, 2.24) is 9.80 Å². The number of aliphatic hydroxyl groups excluding tert-OH is 1. The molecule has 5 nitrogen and oxygen atoms in total. The van der Waals surface area contributed by atoms with Gasteiger partial charge in [0.05, 0.1) is 0 Å². The Balaban J connectivity index is 1.99. The van der Waals surface area contributed by atoms with E-state index in [0.717, 1.165) is 5.56 Å². The molecule has 5 heteroatoms. The molecule has 2 amide bonds. The van der Waals surface area contributed by atoms with Gasteiger partial charge in [0.2, 0.25) is 0 Å². The molecule has 1 atom stereocenters. The summed E-state index contributed by atoms with van der Waals surface area (Å²) in [4.78, 5) is 27.4. The SMILES string of the molecule is Cc1ccccc1C(=O)N1CCN(C(=O)[C@H](C)O)CC1. The van der Waals surface area contributed by atoms with Crippen LogP contribution in [-0.4, -0.2) is 59.0 Å². The van der Waals surface area contributed by atoms with Gasteiger partial charge in [-0.05, 0) is 25.5 Å². The minimum absolute atomic E-state index is 0.00671. The molecule has 1 fully saturated rings. The minimum atomic E-state index is -0.978. The van der Waals surface area contributed by atoms with Gasteiger partial charge in [-0.25, -0.2) is 0 Å². The predicted molar refractivity (Wildman–Crippen MR) is 75.3 cm³/mol. The smallest absolute Gasteiger partial charge is 0.254 e. The molecule has 1 aliphatic rings. The molecule has 1 heterocycles. The fourth-order valence-corrected chi connectivity index (χ4v) is 2.38. The highest BCUT2D eigenvalue weighted by Gasteiger charge is 2.26. The number of aliphatic hydroxyl groups is 1. The Morgan fingerprint density at radius 3 is 2.20 bits per heavy atom. The Morgan fingerprint density at radius 1 is 1.10 bits per heavy atom. The van der Waals surface area contributed by atoms with Crippen molar-refractivity contribution >= 4 is 11.8 Å².